The molecule has 2 rings (SSSR count). The number of amides is 1. The van der Waals surface area contributed by atoms with E-state index in [0.717, 1.165) is 19.6 Å². The standard InChI is InChI=1S/C14H23N3OS/c1-15-9-12-5-3-7-17(12)11-14(18)16(2)10-13-6-4-8-19-13/h4,6,8,12,15H,3,5,7,9-11H2,1-2H3. The molecule has 0 aliphatic carbocycles. The fraction of sp³-hybridized carbons (Fsp3) is 0.643. The van der Waals surface area contributed by atoms with Crippen LogP contribution in [-0.2, 0) is 11.3 Å². The van der Waals surface area contributed by atoms with E-state index in [1.165, 1.54) is 17.7 Å². The first-order valence-electron chi connectivity index (χ1n) is 6.85. The van der Waals surface area contributed by atoms with Crippen molar-refractivity contribution in [3.63, 3.8) is 0 Å². The van der Waals surface area contributed by atoms with Gasteiger partial charge in [0.2, 0.25) is 5.91 Å². The largest absolute Gasteiger partial charge is 0.340 e. The lowest BCUT2D eigenvalue weighted by Gasteiger charge is -2.26. The summed E-state index contributed by atoms with van der Waals surface area (Å²) in [5, 5.41) is 5.27. The molecule has 1 aliphatic heterocycles. The molecule has 0 spiro atoms. The number of likely N-dealkylation sites (tertiary alicyclic amines) is 1. The molecule has 1 atom stereocenters. The summed E-state index contributed by atoms with van der Waals surface area (Å²) < 4.78 is 0. The Balaban J connectivity index is 1.82. The smallest absolute Gasteiger partial charge is 0.236 e. The van der Waals surface area contributed by atoms with Gasteiger partial charge < -0.3 is 10.2 Å². The van der Waals surface area contributed by atoms with E-state index in [1.54, 1.807) is 11.3 Å². The van der Waals surface area contributed by atoms with Crippen LogP contribution in [-0.4, -0.2) is 55.5 Å². The molecule has 1 aromatic rings. The van der Waals surface area contributed by atoms with Crippen molar-refractivity contribution < 1.29 is 4.79 Å². The first-order chi connectivity index (χ1) is 9.20. The summed E-state index contributed by atoms with van der Waals surface area (Å²) in [5.74, 6) is 0.219. The maximum atomic E-state index is 12.2. The van der Waals surface area contributed by atoms with Crippen LogP contribution in [0.15, 0.2) is 17.5 Å². The Morgan fingerprint density at radius 3 is 3.16 bits per heavy atom. The van der Waals surface area contributed by atoms with Gasteiger partial charge in [0, 0.05) is 24.5 Å². The van der Waals surface area contributed by atoms with Crippen molar-refractivity contribution in [2.45, 2.75) is 25.4 Å². The molecule has 5 heteroatoms. The van der Waals surface area contributed by atoms with Gasteiger partial charge in [0.05, 0.1) is 13.1 Å². The minimum atomic E-state index is 0.219. The number of hydrogen-bond donors (Lipinski definition) is 1. The SMILES string of the molecule is CNCC1CCCN1CC(=O)N(C)Cc1cccs1. The number of nitrogens with zero attached hydrogens (tertiary/aromatic N) is 2. The molecule has 1 unspecified atom stereocenters. The molecule has 0 aromatic carbocycles. The van der Waals surface area contributed by atoms with E-state index in [0.29, 0.717) is 12.6 Å². The van der Waals surface area contributed by atoms with Crippen LogP contribution in [0.3, 0.4) is 0 Å². The second kappa shape index (κ2) is 7.03. The number of rotatable bonds is 6. The number of carbonyl (C=O) groups is 1. The Morgan fingerprint density at radius 1 is 1.63 bits per heavy atom. The molecule has 1 fully saturated rings. The minimum absolute atomic E-state index is 0.219. The first kappa shape index (κ1) is 14.5. The highest BCUT2D eigenvalue weighted by Gasteiger charge is 2.26. The number of hydrogen-bond acceptors (Lipinski definition) is 4. The van der Waals surface area contributed by atoms with E-state index in [4.69, 9.17) is 0 Å². The second-order valence-electron chi connectivity index (χ2n) is 5.15. The molecule has 0 radical (unpaired) electrons. The van der Waals surface area contributed by atoms with Crippen LogP contribution in [0, 0.1) is 0 Å². The van der Waals surface area contributed by atoms with E-state index < -0.39 is 0 Å². The summed E-state index contributed by atoms with van der Waals surface area (Å²) in [7, 11) is 3.87. The van der Waals surface area contributed by atoms with Gasteiger partial charge in [0.1, 0.15) is 0 Å². The van der Waals surface area contributed by atoms with E-state index >= 15 is 0 Å². The number of carbonyl (C=O) groups excluding carboxylic acids is 1. The highest BCUT2D eigenvalue weighted by atomic mass is 32.1. The van der Waals surface area contributed by atoms with Crippen LogP contribution in [0.1, 0.15) is 17.7 Å². The van der Waals surface area contributed by atoms with Crippen molar-refractivity contribution in [1.82, 2.24) is 15.1 Å². The Morgan fingerprint density at radius 2 is 2.47 bits per heavy atom. The molecule has 2 heterocycles. The summed E-state index contributed by atoms with van der Waals surface area (Å²) in [5.41, 5.74) is 0. The predicted molar refractivity (Wildman–Crippen MR) is 79.3 cm³/mol. The fourth-order valence-corrected chi connectivity index (χ4v) is 3.35. The lowest BCUT2D eigenvalue weighted by molar-refractivity contribution is -0.131. The normalized spacial score (nSPS) is 19.8. The molecule has 4 nitrogen and oxygen atoms in total. The highest BCUT2D eigenvalue weighted by molar-refractivity contribution is 7.09. The zero-order valence-corrected chi connectivity index (χ0v) is 12.6. The molecular formula is C14H23N3OS. The Kier molecular flexibility index (Phi) is 5.36. The molecule has 19 heavy (non-hydrogen) atoms. The predicted octanol–water partition coefficient (Wildman–Crippen LogP) is 1.39. The lowest BCUT2D eigenvalue weighted by Crippen LogP contribution is -2.43. The third-order valence-corrected chi connectivity index (χ3v) is 4.54. The van der Waals surface area contributed by atoms with Crippen molar-refractivity contribution in [1.29, 1.82) is 0 Å². The third-order valence-electron chi connectivity index (χ3n) is 3.68. The quantitative estimate of drug-likeness (QED) is 0.856. The van der Waals surface area contributed by atoms with E-state index in [-0.39, 0.29) is 5.91 Å². The molecule has 0 bridgehead atoms. The topological polar surface area (TPSA) is 35.6 Å². The van der Waals surface area contributed by atoms with Crippen LogP contribution in [0.25, 0.3) is 0 Å². The van der Waals surface area contributed by atoms with E-state index in [9.17, 15) is 4.79 Å². The molecular weight excluding hydrogens is 258 g/mol. The Bertz CT molecular complexity index is 393. The van der Waals surface area contributed by atoms with Crippen LogP contribution in [0.2, 0.25) is 0 Å². The number of nitrogens with one attached hydrogen (secondary N) is 1. The summed E-state index contributed by atoms with van der Waals surface area (Å²) >= 11 is 1.70. The van der Waals surface area contributed by atoms with Gasteiger partial charge in [0.25, 0.3) is 0 Å². The van der Waals surface area contributed by atoms with Crippen LogP contribution >= 0.6 is 11.3 Å². The first-order valence-corrected chi connectivity index (χ1v) is 7.73. The summed E-state index contributed by atoms with van der Waals surface area (Å²) in [6.07, 6.45) is 2.40. The van der Waals surface area contributed by atoms with Crippen LogP contribution in [0.4, 0.5) is 0 Å². The Labute approximate surface area is 119 Å². The van der Waals surface area contributed by atoms with E-state index in [1.807, 2.05) is 25.1 Å². The number of thiophene rings is 1. The minimum Gasteiger partial charge on any atom is -0.340 e. The van der Waals surface area contributed by atoms with Crippen molar-refractivity contribution in [3.05, 3.63) is 22.4 Å². The van der Waals surface area contributed by atoms with Crippen LogP contribution < -0.4 is 5.32 Å². The van der Waals surface area contributed by atoms with Gasteiger partial charge in [-0.05, 0) is 37.9 Å². The molecule has 1 saturated heterocycles. The van der Waals surface area contributed by atoms with Crippen molar-refractivity contribution in [3.8, 4) is 0 Å². The van der Waals surface area contributed by atoms with Crippen molar-refractivity contribution in [2.24, 2.45) is 0 Å². The third kappa shape index (κ3) is 4.03. The maximum absolute atomic E-state index is 12.2. The molecule has 1 N–H and O–H groups in total. The zero-order valence-electron chi connectivity index (χ0n) is 11.8. The maximum Gasteiger partial charge on any atom is 0.236 e. The van der Waals surface area contributed by atoms with Gasteiger partial charge in [0.15, 0.2) is 0 Å². The average Bonchev–Trinajstić information content (AvgIpc) is 3.02. The van der Waals surface area contributed by atoms with Gasteiger partial charge in [-0.2, -0.15) is 0 Å². The Hall–Kier alpha value is -0.910. The van der Waals surface area contributed by atoms with Gasteiger partial charge >= 0.3 is 0 Å². The molecule has 0 saturated carbocycles. The fourth-order valence-electron chi connectivity index (χ4n) is 2.59. The van der Waals surface area contributed by atoms with Gasteiger partial charge in [-0.3, -0.25) is 9.69 Å². The average molecular weight is 281 g/mol. The van der Waals surface area contributed by atoms with Crippen molar-refractivity contribution >= 4 is 17.2 Å². The van der Waals surface area contributed by atoms with Gasteiger partial charge in [-0.25, -0.2) is 0 Å². The monoisotopic (exact) mass is 281 g/mol. The van der Waals surface area contributed by atoms with Gasteiger partial charge in [-0.15, -0.1) is 11.3 Å². The van der Waals surface area contributed by atoms with Crippen molar-refractivity contribution in [2.75, 3.05) is 33.7 Å². The van der Waals surface area contributed by atoms with Gasteiger partial charge in [-0.1, -0.05) is 6.07 Å². The highest BCUT2D eigenvalue weighted by Crippen LogP contribution is 2.17. The molecule has 106 valence electrons. The molecule has 1 amide bonds. The van der Waals surface area contributed by atoms with Crippen LogP contribution in [0.5, 0.6) is 0 Å². The summed E-state index contributed by atoms with van der Waals surface area (Å²) in [6, 6.07) is 4.62. The zero-order chi connectivity index (χ0) is 13.7. The molecule has 1 aliphatic rings. The summed E-state index contributed by atoms with van der Waals surface area (Å²) in [6.45, 7) is 3.29. The summed E-state index contributed by atoms with van der Waals surface area (Å²) in [4.78, 5) is 17.6. The lowest BCUT2D eigenvalue weighted by atomic mass is 10.2. The van der Waals surface area contributed by atoms with E-state index in [2.05, 4.69) is 21.7 Å². The second-order valence-corrected chi connectivity index (χ2v) is 6.19. The molecule has 1 aromatic heterocycles. The number of likely N-dealkylation sites (N-methyl/N-ethyl adjacent to an activating group) is 2.